The quantitative estimate of drug-likeness (QED) is 0.386. The summed E-state index contributed by atoms with van der Waals surface area (Å²) < 4.78 is 16.4. The van der Waals surface area contributed by atoms with Crippen molar-refractivity contribution in [3.05, 3.63) is 55.2 Å². The van der Waals surface area contributed by atoms with E-state index in [0.29, 0.717) is 20.6 Å². The maximum atomic E-state index is 13.3. The van der Waals surface area contributed by atoms with Gasteiger partial charge in [-0.3, -0.25) is 4.68 Å². The van der Waals surface area contributed by atoms with Crippen molar-refractivity contribution in [1.82, 2.24) is 9.78 Å². The Morgan fingerprint density at radius 1 is 1.56 bits per heavy atom. The van der Waals surface area contributed by atoms with Gasteiger partial charge in [-0.15, -0.1) is 0 Å². The molecular formula is C17H19BrFIN4O. The summed E-state index contributed by atoms with van der Waals surface area (Å²) in [5.74, 6) is -0.328. The molecule has 8 heteroatoms. The molecule has 0 radical (unpaired) electrons. The van der Waals surface area contributed by atoms with Crippen molar-refractivity contribution in [3.63, 3.8) is 0 Å². The summed E-state index contributed by atoms with van der Waals surface area (Å²) in [6.07, 6.45) is 1.26. The van der Waals surface area contributed by atoms with Gasteiger partial charge >= 0.3 is 0 Å². The number of aliphatic hydroxyl groups excluding tert-OH is 1. The minimum atomic E-state index is -1.02. The van der Waals surface area contributed by atoms with E-state index in [0.717, 1.165) is 16.6 Å². The highest BCUT2D eigenvalue weighted by atomic mass is 127. The van der Waals surface area contributed by atoms with E-state index >= 15 is 0 Å². The number of aliphatic hydroxyl groups is 1. The molecule has 1 aromatic carbocycles. The minimum Gasteiger partial charge on any atom is -0.380 e. The molecule has 5 nitrogen and oxygen atoms in total. The topological polar surface area (TPSA) is 73.9 Å². The molecule has 2 aromatic rings. The first-order valence-corrected chi connectivity index (χ1v) is 9.49. The molecule has 0 fully saturated rings. The Balaban J connectivity index is 2.44. The molecule has 25 heavy (non-hydrogen) atoms. The van der Waals surface area contributed by atoms with Gasteiger partial charge in [-0.1, -0.05) is 6.92 Å². The number of benzene rings is 1. The van der Waals surface area contributed by atoms with Crippen molar-refractivity contribution < 1.29 is 9.50 Å². The van der Waals surface area contributed by atoms with E-state index < -0.39 is 6.10 Å². The van der Waals surface area contributed by atoms with Crippen LogP contribution in [0.3, 0.4) is 0 Å². The Morgan fingerprint density at radius 2 is 2.24 bits per heavy atom. The van der Waals surface area contributed by atoms with Gasteiger partial charge in [0.2, 0.25) is 0 Å². The number of nitrogens with zero attached hydrogens (tertiary/aromatic N) is 2. The van der Waals surface area contributed by atoms with E-state index in [2.05, 4.69) is 26.3 Å². The van der Waals surface area contributed by atoms with E-state index in [1.54, 1.807) is 30.8 Å². The average Bonchev–Trinajstić information content (AvgIpc) is 2.82. The Bertz CT molecular complexity index is 834. The van der Waals surface area contributed by atoms with Crippen molar-refractivity contribution in [2.75, 3.05) is 5.32 Å². The zero-order valence-corrected chi connectivity index (χ0v) is 17.8. The molecular weight excluding hydrogens is 502 g/mol. The number of allylic oxidation sites excluding steroid dienone is 1. The molecule has 2 rings (SSSR count). The third kappa shape index (κ3) is 4.68. The highest BCUT2D eigenvalue weighted by Crippen LogP contribution is 2.32. The molecule has 0 saturated heterocycles. The smallest absolute Gasteiger partial charge is 0.136 e. The number of hydrogen-bond donors (Lipinski definition) is 3. The molecule has 1 aromatic heterocycles. The molecule has 1 atom stereocenters. The molecule has 0 aliphatic heterocycles. The van der Waals surface area contributed by atoms with Crippen molar-refractivity contribution in [1.29, 1.82) is 5.41 Å². The van der Waals surface area contributed by atoms with Crippen LogP contribution in [0.1, 0.15) is 31.3 Å². The van der Waals surface area contributed by atoms with Crippen LogP contribution in [0, 0.1) is 14.8 Å². The molecule has 3 N–H and O–H groups in total. The summed E-state index contributed by atoms with van der Waals surface area (Å²) in [7, 11) is 1.76. The molecule has 1 unspecified atom stereocenters. The second kappa shape index (κ2) is 8.41. The zero-order chi connectivity index (χ0) is 18.7. The molecule has 0 aliphatic carbocycles. The van der Waals surface area contributed by atoms with Gasteiger partial charge in [0, 0.05) is 16.3 Å². The standard InChI is InChI=1S/C17H19BrFIN4O/c1-4-12-15(18)16(24(3)23-12)17(25)14(7-9(2)21)22-13-6-5-10(19)8-11(13)20/h5-8,17,21-22,25H,4H2,1-3H3/b14-7-,21-9?. The Kier molecular flexibility index (Phi) is 6.75. The predicted molar refractivity (Wildman–Crippen MR) is 109 cm³/mol. The Hall–Kier alpha value is -1.26. The Morgan fingerprint density at radius 3 is 2.76 bits per heavy atom. The molecule has 134 valence electrons. The van der Waals surface area contributed by atoms with E-state index in [1.807, 2.05) is 29.5 Å². The minimum absolute atomic E-state index is 0.285. The third-order valence-corrected chi connectivity index (χ3v) is 5.32. The number of halogens is 3. The first-order chi connectivity index (χ1) is 11.7. The fourth-order valence-electron chi connectivity index (χ4n) is 2.40. The maximum absolute atomic E-state index is 13.3. The second-order valence-electron chi connectivity index (χ2n) is 5.56. The second-order valence-corrected chi connectivity index (χ2v) is 7.51. The highest BCUT2D eigenvalue weighted by molar-refractivity contribution is 14.1. The van der Waals surface area contributed by atoms with Crippen molar-refractivity contribution in [3.8, 4) is 0 Å². The fourth-order valence-corrected chi connectivity index (χ4v) is 3.85. The van der Waals surface area contributed by atoms with Gasteiger partial charge in [0.1, 0.15) is 11.9 Å². The molecule has 0 saturated carbocycles. The van der Waals surface area contributed by atoms with Gasteiger partial charge in [-0.25, -0.2) is 4.39 Å². The number of rotatable bonds is 6. The van der Waals surface area contributed by atoms with Gasteiger partial charge in [0.25, 0.3) is 0 Å². The lowest BCUT2D eigenvalue weighted by molar-refractivity contribution is 0.206. The molecule has 0 spiro atoms. The van der Waals surface area contributed by atoms with Crippen LogP contribution >= 0.6 is 38.5 Å². The largest absolute Gasteiger partial charge is 0.380 e. The van der Waals surface area contributed by atoms with Crippen molar-refractivity contribution >= 4 is 49.9 Å². The number of aryl methyl sites for hydroxylation is 2. The van der Waals surface area contributed by atoms with Crippen LogP contribution in [-0.2, 0) is 13.5 Å². The van der Waals surface area contributed by atoms with E-state index in [-0.39, 0.29) is 11.5 Å². The number of aromatic nitrogens is 2. The van der Waals surface area contributed by atoms with Crippen LogP contribution in [0.4, 0.5) is 10.1 Å². The lowest BCUT2D eigenvalue weighted by Crippen LogP contribution is -2.15. The average molecular weight is 521 g/mol. The summed E-state index contributed by atoms with van der Waals surface area (Å²) >= 11 is 5.53. The normalized spacial score (nSPS) is 13.0. The lowest BCUT2D eigenvalue weighted by Gasteiger charge is -2.19. The van der Waals surface area contributed by atoms with Crippen LogP contribution < -0.4 is 5.32 Å². The fraction of sp³-hybridized carbons (Fsp3) is 0.294. The predicted octanol–water partition coefficient (Wildman–Crippen LogP) is 4.56. The van der Waals surface area contributed by atoms with Gasteiger partial charge in [0.05, 0.1) is 27.2 Å². The molecule has 0 aliphatic rings. The summed E-state index contributed by atoms with van der Waals surface area (Å²) in [6, 6.07) is 4.35. The molecule has 0 bridgehead atoms. The van der Waals surface area contributed by atoms with Crippen LogP contribution in [0.5, 0.6) is 0 Å². The molecule has 1 heterocycles. The summed E-state index contributed by atoms with van der Waals surface area (Å²) in [5, 5.41) is 26.2. The summed E-state index contributed by atoms with van der Waals surface area (Å²) in [5.41, 5.74) is 2.80. The highest BCUT2D eigenvalue weighted by Gasteiger charge is 2.24. The SMILES string of the molecule is CCc1nn(C)c(C(O)/C(=C/C(C)=N)Nc2ccc(F)cc2I)c1Br. The van der Waals surface area contributed by atoms with Crippen molar-refractivity contribution in [2.24, 2.45) is 7.05 Å². The van der Waals surface area contributed by atoms with Gasteiger partial charge in [-0.2, -0.15) is 5.10 Å². The lowest BCUT2D eigenvalue weighted by atomic mass is 10.1. The van der Waals surface area contributed by atoms with Crippen LogP contribution in [0.2, 0.25) is 0 Å². The molecule has 0 amide bonds. The summed E-state index contributed by atoms with van der Waals surface area (Å²) in [4.78, 5) is 0. The Labute approximate surface area is 168 Å². The number of nitrogens with one attached hydrogen (secondary N) is 2. The van der Waals surface area contributed by atoms with Crippen LogP contribution in [0.15, 0.2) is 34.4 Å². The third-order valence-electron chi connectivity index (χ3n) is 3.57. The van der Waals surface area contributed by atoms with Gasteiger partial charge in [0.15, 0.2) is 0 Å². The zero-order valence-electron chi connectivity index (χ0n) is 14.1. The maximum Gasteiger partial charge on any atom is 0.136 e. The van der Waals surface area contributed by atoms with Gasteiger partial charge < -0.3 is 15.8 Å². The van der Waals surface area contributed by atoms with E-state index in [9.17, 15) is 9.50 Å². The van der Waals surface area contributed by atoms with E-state index in [1.165, 1.54) is 12.1 Å². The van der Waals surface area contributed by atoms with Crippen molar-refractivity contribution in [2.45, 2.75) is 26.4 Å². The van der Waals surface area contributed by atoms with Crippen LogP contribution in [0.25, 0.3) is 0 Å². The number of anilines is 1. The van der Waals surface area contributed by atoms with Gasteiger partial charge in [-0.05, 0) is 76.1 Å². The van der Waals surface area contributed by atoms with Crippen LogP contribution in [-0.4, -0.2) is 20.6 Å². The number of hydrogen-bond acceptors (Lipinski definition) is 4. The summed E-state index contributed by atoms with van der Waals surface area (Å²) in [6.45, 7) is 3.61. The van der Waals surface area contributed by atoms with E-state index in [4.69, 9.17) is 5.41 Å². The monoisotopic (exact) mass is 520 g/mol. The first kappa shape index (κ1) is 20.1. The first-order valence-electron chi connectivity index (χ1n) is 7.62.